The quantitative estimate of drug-likeness (QED) is 0.0586. The maximum atomic E-state index is 14.0. The van der Waals surface area contributed by atoms with Gasteiger partial charge in [-0.15, -0.1) is 0 Å². The van der Waals surface area contributed by atoms with Crippen molar-refractivity contribution in [3.8, 4) is 11.5 Å². The fraction of sp³-hybridized carbons (Fsp3) is 0.129. The number of hydrogen-bond donors (Lipinski definition) is 1. The molecule has 0 spiro atoms. The number of halogens is 6. The lowest BCUT2D eigenvalue weighted by Gasteiger charge is -2.24. The molecule has 0 aromatic heterocycles. The molecule has 4 aromatic carbocycles. The monoisotopic (exact) mass is 776 g/mol. The highest BCUT2D eigenvalue weighted by molar-refractivity contribution is 8.00. The average molecular weight is 777 g/mol. The lowest BCUT2D eigenvalue weighted by molar-refractivity contribution is -0.134. The summed E-state index contributed by atoms with van der Waals surface area (Å²) in [6.45, 7) is 2.09. The van der Waals surface area contributed by atoms with Crippen LogP contribution in [-0.2, 0) is 34.4 Å². The minimum Gasteiger partial charge on any atom is -0.423 e. The molecular weight excluding hydrogens is 755 g/mol. The number of ether oxygens (including phenoxy) is 2. The van der Waals surface area contributed by atoms with Crippen LogP contribution in [0.5, 0.6) is 11.5 Å². The summed E-state index contributed by atoms with van der Waals surface area (Å²) >= 11 is -0.435. The maximum absolute atomic E-state index is 14.0. The third kappa shape index (κ3) is 9.38. The van der Waals surface area contributed by atoms with Gasteiger partial charge in [-0.1, -0.05) is 30.3 Å². The molecule has 0 atom stereocenters. The summed E-state index contributed by atoms with van der Waals surface area (Å²) in [5.74, 6) is -3.89. The topological polar surface area (TPSA) is 153 Å². The minimum atomic E-state index is -6.49. The molecule has 0 fully saturated rings. The molecule has 0 saturated carbocycles. The van der Waals surface area contributed by atoms with Crippen molar-refractivity contribution in [2.75, 3.05) is 9.03 Å². The number of sulfonamides is 2. The van der Waals surface area contributed by atoms with Gasteiger partial charge in [-0.2, -0.15) is 39.1 Å². The summed E-state index contributed by atoms with van der Waals surface area (Å²) in [6, 6.07) is 13.7. The Hall–Kier alpha value is -5.08. The first-order chi connectivity index (χ1) is 23.6. The van der Waals surface area contributed by atoms with Crippen molar-refractivity contribution in [1.29, 1.82) is 0 Å². The summed E-state index contributed by atoms with van der Waals surface area (Å²) in [4.78, 5) is 35.5. The van der Waals surface area contributed by atoms with Crippen molar-refractivity contribution in [1.82, 2.24) is 0 Å². The Labute approximate surface area is 289 Å². The fourth-order valence-electron chi connectivity index (χ4n) is 4.42. The molecule has 20 heteroatoms. The number of amides is 1. The Morgan fingerprint density at radius 2 is 1.35 bits per heavy atom. The highest BCUT2D eigenvalue weighted by Crippen LogP contribution is 2.39. The van der Waals surface area contributed by atoms with Crippen LogP contribution in [-0.4, -0.2) is 45.7 Å². The van der Waals surface area contributed by atoms with E-state index in [4.69, 9.17) is 9.47 Å². The SMILES string of the molecule is CC(=O)Oc1ccc(/C=C/C(=O)N(c2cccc3c(S(=O)(=O)Nc4ccc(SC(F)(F)F)cc4)cccc23)S(=O)(=O)C(F)(F)F)cc1OC(C)=O. The number of hydrogen-bond acceptors (Lipinski definition) is 10. The molecule has 270 valence electrons. The molecule has 0 heterocycles. The van der Waals surface area contributed by atoms with Crippen molar-refractivity contribution in [3.05, 3.63) is 90.5 Å². The second-order valence-corrected chi connectivity index (χ2v) is 14.7. The Morgan fingerprint density at radius 3 is 1.94 bits per heavy atom. The number of fused-ring (bicyclic) bond motifs is 1. The number of carbonyl (C=O) groups is 3. The van der Waals surface area contributed by atoms with E-state index in [-0.39, 0.29) is 33.0 Å². The van der Waals surface area contributed by atoms with Gasteiger partial charge in [0.25, 0.3) is 15.9 Å². The molecule has 0 aliphatic rings. The predicted octanol–water partition coefficient (Wildman–Crippen LogP) is 7.00. The zero-order chi connectivity index (χ0) is 37.9. The van der Waals surface area contributed by atoms with Gasteiger partial charge >= 0.3 is 33.0 Å². The Kier molecular flexibility index (Phi) is 11.1. The standard InChI is InChI=1S/C31H22F6N2O9S3/c1-18(40)47-26-15-9-20(17-27(26)48-19(2)41)10-16-29(42)39(51(45,46)31(35,36)37)25-7-3-6-24-23(25)5-4-8-28(24)50(43,44)38-21-11-13-22(14-12-21)49-30(32,33)34/h3-17,38H,1-2H3/b16-10+. The van der Waals surface area contributed by atoms with Gasteiger partial charge in [-0.25, -0.2) is 8.42 Å². The highest BCUT2D eigenvalue weighted by atomic mass is 32.2. The minimum absolute atomic E-state index is 0.0118. The van der Waals surface area contributed by atoms with Crippen LogP contribution in [0.25, 0.3) is 16.8 Å². The van der Waals surface area contributed by atoms with E-state index in [1.807, 2.05) is 0 Å². The van der Waals surface area contributed by atoms with E-state index >= 15 is 0 Å². The fourth-order valence-corrected chi connectivity index (χ4v) is 7.16. The van der Waals surface area contributed by atoms with Crippen LogP contribution in [0.4, 0.5) is 37.7 Å². The van der Waals surface area contributed by atoms with Crippen LogP contribution < -0.4 is 18.5 Å². The number of benzene rings is 4. The van der Waals surface area contributed by atoms with E-state index in [1.165, 1.54) is 6.07 Å². The normalized spacial score (nSPS) is 12.5. The first-order valence-corrected chi connectivity index (χ1v) is 17.6. The van der Waals surface area contributed by atoms with Crippen molar-refractivity contribution in [3.63, 3.8) is 0 Å². The van der Waals surface area contributed by atoms with E-state index in [2.05, 4.69) is 4.72 Å². The molecule has 4 rings (SSSR count). The molecule has 51 heavy (non-hydrogen) atoms. The molecule has 0 bridgehead atoms. The summed E-state index contributed by atoms with van der Waals surface area (Å²) < 4.78 is 144. The van der Waals surface area contributed by atoms with E-state index < -0.39 is 80.9 Å². The zero-order valence-corrected chi connectivity index (χ0v) is 28.2. The molecule has 0 radical (unpaired) electrons. The van der Waals surface area contributed by atoms with Crippen LogP contribution in [0.2, 0.25) is 0 Å². The van der Waals surface area contributed by atoms with Crippen LogP contribution in [0, 0.1) is 0 Å². The first-order valence-electron chi connectivity index (χ1n) is 13.8. The van der Waals surface area contributed by atoms with Crippen molar-refractivity contribution >= 4 is 77.9 Å². The van der Waals surface area contributed by atoms with Gasteiger partial charge in [0.1, 0.15) is 0 Å². The summed E-state index contributed by atoms with van der Waals surface area (Å²) in [7, 11) is -11.1. The van der Waals surface area contributed by atoms with Gasteiger partial charge in [-0.05, 0) is 71.9 Å². The lowest BCUT2D eigenvalue weighted by atomic mass is 10.1. The molecule has 0 saturated heterocycles. The number of nitrogens with one attached hydrogen (secondary N) is 1. The van der Waals surface area contributed by atoms with Crippen LogP contribution >= 0.6 is 11.8 Å². The van der Waals surface area contributed by atoms with E-state index in [0.29, 0.717) is 6.08 Å². The van der Waals surface area contributed by atoms with Gasteiger partial charge in [-0.3, -0.25) is 19.1 Å². The van der Waals surface area contributed by atoms with Gasteiger partial charge < -0.3 is 9.47 Å². The van der Waals surface area contributed by atoms with Crippen LogP contribution in [0.3, 0.4) is 0 Å². The van der Waals surface area contributed by atoms with E-state index in [0.717, 1.165) is 92.7 Å². The number of anilines is 2. The Bertz CT molecular complexity index is 2260. The van der Waals surface area contributed by atoms with Gasteiger partial charge in [0, 0.05) is 41.3 Å². The van der Waals surface area contributed by atoms with Crippen molar-refractivity contribution in [2.45, 2.75) is 34.7 Å². The zero-order valence-electron chi connectivity index (χ0n) is 25.8. The largest absolute Gasteiger partial charge is 0.517 e. The molecule has 0 aliphatic carbocycles. The molecule has 1 amide bonds. The molecule has 1 N–H and O–H groups in total. The maximum Gasteiger partial charge on any atom is 0.517 e. The number of carbonyl (C=O) groups excluding carboxylic acids is 3. The third-order valence-corrected chi connectivity index (χ3v) is 9.96. The Balaban J connectivity index is 1.78. The van der Waals surface area contributed by atoms with E-state index in [9.17, 15) is 57.6 Å². The first kappa shape index (κ1) is 38.7. The molecule has 4 aromatic rings. The number of alkyl halides is 6. The second-order valence-electron chi connectivity index (χ2n) is 10.1. The van der Waals surface area contributed by atoms with Gasteiger partial charge in [0.15, 0.2) is 11.5 Å². The van der Waals surface area contributed by atoms with Crippen molar-refractivity contribution in [2.24, 2.45) is 0 Å². The predicted molar refractivity (Wildman–Crippen MR) is 174 cm³/mol. The third-order valence-electron chi connectivity index (χ3n) is 6.33. The average Bonchev–Trinajstić information content (AvgIpc) is 3.00. The summed E-state index contributed by atoms with van der Waals surface area (Å²) in [5.41, 5.74) is -11.7. The summed E-state index contributed by atoms with van der Waals surface area (Å²) in [6.07, 6.45) is 1.35. The highest BCUT2D eigenvalue weighted by Gasteiger charge is 2.52. The van der Waals surface area contributed by atoms with Gasteiger partial charge in [0.05, 0.1) is 10.6 Å². The molecule has 0 aliphatic heterocycles. The van der Waals surface area contributed by atoms with Crippen molar-refractivity contribution < 1.29 is 67.0 Å². The number of rotatable bonds is 10. The Morgan fingerprint density at radius 1 is 0.765 bits per heavy atom. The summed E-state index contributed by atoms with van der Waals surface area (Å²) in [5, 5.41) is -0.743. The number of nitrogens with zero attached hydrogens (tertiary/aromatic N) is 1. The van der Waals surface area contributed by atoms with Crippen LogP contribution in [0.15, 0.2) is 94.7 Å². The smallest absolute Gasteiger partial charge is 0.423 e. The van der Waals surface area contributed by atoms with E-state index in [1.54, 1.807) is 0 Å². The lowest BCUT2D eigenvalue weighted by Crippen LogP contribution is -2.44. The number of thioether (sulfide) groups is 1. The number of esters is 2. The second kappa shape index (κ2) is 14.6. The molecule has 11 nitrogen and oxygen atoms in total. The molecular formula is C31H22F6N2O9S3. The molecule has 0 unspecified atom stereocenters. The van der Waals surface area contributed by atoms with Gasteiger partial charge in [0.2, 0.25) is 0 Å². The van der Waals surface area contributed by atoms with Crippen LogP contribution in [0.1, 0.15) is 19.4 Å².